The highest BCUT2D eigenvalue weighted by molar-refractivity contribution is 5.36. The Morgan fingerprint density at radius 1 is 1.38 bits per heavy atom. The van der Waals surface area contributed by atoms with Crippen LogP contribution in [0.2, 0.25) is 0 Å². The highest BCUT2D eigenvalue weighted by Gasteiger charge is 2.24. The number of fused-ring (bicyclic) bond motifs is 1. The first-order valence-electron chi connectivity index (χ1n) is 4.80. The molecule has 0 amide bonds. The number of rotatable bonds is 0. The van der Waals surface area contributed by atoms with E-state index in [-0.39, 0.29) is 0 Å². The third-order valence-corrected chi connectivity index (χ3v) is 3.08. The summed E-state index contributed by atoms with van der Waals surface area (Å²) < 4.78 is 0. The second-order valence-corrected chi connectivity index (χ2v) is 3.98. The minimum Gasteiger partial charge on any atom is -0.382 e. The van der Waals surface area contributed by atoms with Gasteiger partial charge in [0.2, 0.25) is 0 Å². The molecule has 0 aliphatic heterocycles. The van der Waals surface area contributed by atoms with Crippen LogP contribution >= 0.6 is 0 Å². The number of aryl methyl sites for hydroxylation is 1. The van der Waals surface area contributed by atoms with Gasteiger partial charge in [-0.15, -0.1) is 5.10 Å². The number of nitrogen functional groups attached to an aromatic ring is 1. The van der Waals surface area contributed by atoms with Gasteiger partial charge >= 0.3 is 0 Å². The number of hydrogen-bond donors (Lipinski definition) is 1. The summed E-state index contributed by atoms with van der Waals surface area (Å²) in [5.74, 6) is 1.78. The summed E-state index contributed by atoms with van der Waals surface area (Å²) in [5.41, 5.74) is 8.02. The van der Waals surface area contributed by atoms with Crippen molar-refractivity contribution >= 4 is 5.82 Å². The molecule has 0 saturated heterocycles. The van der Waals surface area contributed by atoms with Crippen LogP contribution in [0.3, 0.4) is 0 Å². The van der Waals surface area contributed by atoms with Gasteiger partial charge in [-0.25, -0.2) is 0 Å². The van der Waals surface area contributed by atoms with Gasteiger partial charge in [0.25, 0.3) is 0 Å². The minimum atomic E-state index is 0.525. The fraction of sp³-hybridized carbons (Fsp3) is 0.600. The Morgan fingerprint density at radius 3 is 2.92 bits per heavy atom. The molecule has 13 heavy (non-hydrogen) atoms. The van der Waals surface area contributed by atoms with E-state index in [1.54, 1.807) is 0 Å². The van der Waals surface area contributed by atoms with Crippen molar-refractivity contribution in [2.75, 3.05) is 5.73 Å². The molecular formula is C10H15N3. The van der Waals surface area contributed by atoms with E-state index in [0.29, 0.717) is 17.7 Å². The van der Waals surface area contributed by atoms with Crippen LogP contribution in [-0.4, -0.2) is 10.2 Å². The molecule has 3 heteroatoms. The quantitative estimate of drug-likeness (QED) is 0.656. The Labute approximate surface area is 78.4 Å². The first-order valence-corrected chi connectivity index (χ1v) is 4.80. The molecule has 0 aromatic carbocycles. The molecule has 0 saturated carbocycles. The van der Waals surface area contributed by atoms with E-state index in [0.717, 1.165) is 12.1 Å². The van der Waals surface area contributed by atoms with Crippen LogP contribution in [0.5, 0.6) is 0 Å². The molecule has 1 aromatic heterocycles. The van der Waals surface area contributed by atoms with Gasteiger partial charge in [-0.05, 0) is 30.4 Å². The predicted octanol–water partition coefficient (Wildman–Crippen LogP) is 1.74. The molecule has 1 aliphatic carbocycles. The molecule has 2 N–H and O–H groups in total. The highest BCUT2D eigenvalue weighted by Crippen LogP contribution is 2.33. The summed E-state index contributed by atoms with van der Waals surface area (Å²) >= 11 is 0. The van der Waals surface area contributed by atoms with E-state index < -0.39 is 0 Å². The van der Waals surface area contributed by atoms with Crippen molar-refractivity contribution in [1.82, 2.24) is 10.2 Å². The largest absolute Gasteiger partial charge is 0.382 e. The highest BCUT2D eigenvalue weighted by atomic mass is 15.1. The van der Waals surface area contributed by atoms with Gasteiger partial charge in [0.1, 0.15) is 5.82 Å². The zero-order valence-electron chi connectivity index (χ0n) is 8.12. The maximum atomic E-state index is 5.59. The molecule has 0 fully saturated rings. The number of hydrogen-bond acceptors (Lipinski definition) is 3. The van der Waals surface area contributed by atoms with Crippen LogP contribution in [0.1, 0.15) is 37.4 Å². The Kier molecular flexibility index (Phi) is 1.94. The fourth-order valence-electron chi connectivity index (χ4n) is 1.94. The van der Waals surface area contributed by atoms with Crippen molar-refractivity contribution in [2.24, 2.45) is 5.92 Å². The van der Waals surface area contributed by atoms with Crippen LogP contribution in [0, 0.1) is 5.92 Å². The fourth-order valence-corrected chi connectivity index (χ4v) is 1.94. The van der Waals surface area contributed by atoms with Crippen molar-refractivity contribution in [3.63, 3.8) is 0 Å². The molecule has 2 rings (SSSR count). The number of nitrogens with two attached hydrogens (primary N) is 1. The summed E-state index contributed by atoms with van der Waals surface area (Å²) in [6, 6.07) is 1.96. The molecule has 3 nitrogen and oxygen atoms in total. The van der Waals surface area contributed by atoms with Crippen LogP contribution in [0.4, 0.5) is 5.82 Å². The van der Waals surface area contributed by atoms with Crippen molar-refractivity contribution < 1.29 is 0 Å². The molecule has 1 heterocycles. The zero-order chi connectivity index (χ0) is 9.42. The molecular weight excluding hydrogens is 162 g/mol. The van der Waals surface area contributed by atoms with E-state index in [9.17, 15) is 0 Å². The van der Waals surface area contributed by atoms with E-state index in [4.69, 9.17) is 5.73 Å². The van der Waals surface area contributed by atoms with E-state index in [1.807, 2.05) is 6.07 Å². The van der Waals surface area contributed by atoms with Gasteiger partial charge in [-0.1, -0.05) is 13.8 Å². The number of nitrogens with zero attached hydrogens (tertiary/aromatic N) is 2. The molecule has 2 unspecified atom stereocenters. The second-order valence-electron chi connectivity index (χ2n) is 3.98. The lowest BCUT2D eigenvalue weighted by atomic mass is 9.80. The molecule has 2 atom stereocenters. The maximum absolute atomic E-state index is 5.59. The summed E-state index contributed by atoms with van der Waals surface area (Å²) in [5, 5.41) is 8.08. The second kappa shape index (κ2) is 2.98. The molecule has 70 valence electrons. The topological polar surface area (TPSA) is 51.8 Å². The molecule has 0 radical (unpaired) electrons. The third-order valence-electron chi connectivity index (χ3n) is 3.08. The molecule has 0 bridgehead atoms. The van der Waals surface area contributed by atoms with Gasteiger partial charge in [-0.3, -0.25) is 0 Å². The van der Waals surface area contributed by atoms with Gasteiger partial charge in [0.05, 0.1) is 5.69 Å². The Morgan fingerprint density at radius 2 is 2.15 bits per heavy atom. The van der Waals surface area contributed by atoms with E-state index >= 15 is 0 Å². The summed E-state index contributed by atoms with van der Waals surface area (Å²) in [4.78, 5) is 0. The van der Waals surface area contributed by atoms with Crippen molar-refractivity contribution in [2.45, 2.75) is 32.6 Å². The first kappa shape index (κ1) is 8.48. The van der Waals surface area contributed by atoms with Crippen molar-refractivity contribution in [3.05, 3.63) is 17.3 Å². The molecule has 1 aromatic rings. The average molecular weight is 177 g/mol. The predicted molar refractivity (Wildman–Crippen MR) is 52.3 cm³/mol. The van der Waals surface area contributed by atoms with Crippen LogP contribution in [-0.2, 0) is 6.42 Å². The van der Waals surface area contributed by atoms with Crippen molar-refractivity contribution in [1.29, 1.82) is 0 Å². The van der Waals surface area contributed by atoms with Crippen molar-refractivity contribution in [3.8, 4) is 0 Å². The Balaban J connectivity index is 2.44. The minimum absolute atomic E-state index is 0.525. The lowest BCUT2D eigenvalue weighted by molar-refractivity contribution is 0.413. The Bertz CT molecular complexity index is 322. The SMILES string of the molecule is CC1CCc2cc(N)nnc2C1C. The van der Waals surface area contributed by atoms with Crippen LogP contribution in [0.15, 0.2) is 6.07 Å². The number of aromatic nitrogens is 2. The van der Waals surface area contributed by atoms with Gasteiger partial charge < -0.3 is 5.73 Å². The smallest absolute Gasteiger partial charge is 0.146 e. The lowest BCUT2D eigenvalue weighted by Gasteiger charge is -2.26. The Hall–Kier alpha value is -1.12. The average Bonchev–Trinajstić information content (AvgIpc) is 2.12. The maximum Gasteiger partial charge on any atom is 0.146 e. The van der Waals surface area contributed by atoms with Crippen LogP contribution < -0.4 is 5.73 Å². The summed E-state index contributed by atoms with van der Waals surface area (Å²) in [6.45, 7) is 4.49. The van der Waals surface area contributed by atoms with E-state index in [1.165, 1.54) is 12.0 Å². The van der Waals surface area contributed by atoms with Gasteiger partial charge in [0, 0.05) is 5.92 Å². The lowest BCUT2D eigenvalue weighted by Crippen LogP contribution is -2.18. The van der Waals surface area contributed by atoms with Crippen LogP contribution in [0.25, 0.3) is 0 Å². The first-order chi connectivity index (χ1) is 6.18. The summed E-state index contributed by atoms with van der Waals surface area (Å²) in [6.07, 6.45) is 2.33. The van der Waals surface area contributed by atoms with E-state index in [2.05, 4.69) is 24.0 Å². The monoisotopic (exact) mass is 177 g/mol. The normalized spacial score (nSPS) is 26.9. The molecule has 1 aliphatic rings. The number of anilines is 1. The van der Waals surface area contributed by atoms with Gasteiger partial charge in [-0.2, -0.15) is 5.10 Å². The zero-order valence-corrected chi connectivity index (χ0v) is 8.12. The standard InChI is InChI=1S/C10H15N3/c1-6-3-4-8-5-9(11)12-13-10(8)7(6)2/h5-7H,3-4H2,1-2H3,(H2,11,12). The summed E-state index contributed by atoms with van der Waals surface area (Å²) in [7, 11) is 0. The third kappa shape index (κ3) is 1.39. The molecule has 0 spiro atoms. The van der Waals surface area contributed by atoms with Gasteiger partial charge in [0.15, 0.2) is 0 Å².